The zero-order valence-corrected chi connectivity index (χ0v) is 28.1. The molecule has 5 nitrogen and oxygen atoms in total. The Hall–Kier alpha value is -0.666. The van der Waals surface area contributed by atoms with Gasteiger partial charge in [0.05, 0.1) is 11.4 Å². The van der Waals surface area contributed by atoms with E-state index in [1.807, 2.05) is 0 Å². The van der Waals surface area contributed by atoms with Crippen molar-refractivity contribution in [2.75, 3.05) is 0 Å². The van der Waals surface area contributed by atoms with Gasteiger partial charge in [-0.1, -0.05) is 102 Å². The summed E-state index contributed by atoms with van der Waals surface area (Å²) in [4.78, 5) is 11.3. The van der Waals surface area contributed by atoms with Crippen molar-refractivity contribution < 1.29 is 13.8 Å². The average Bonchev–Trinajstić information content (AvgIpc) is 3.45. The van der Waals surface area contributed by atoms with Gasteiger partial charge in [0.15, 0.2) is 16.6 Å². The Balaban J connectivity index is 2.25. The van der Waals surface area contributed by atoms with Crippen LogP contribution in [0, 0.1) is 11.8 Å². The molecule has 6 atom stereocenters. The van der Waals surface area contributed by atoms with Crippen LogP contribution in [0.2, 0.25) is 37.3 Å². The third-order valence-electron chi connectivity index (χ3n) is 9.00. The van der Waals surface area contributed by atoms with Gasteiger partial charge in [-0.15, -0.1) is 0 Å². The Bertz CT molecular complexity index is 680. The fourth-order valence-electron chi connectivity index (χ4n) is 6.87. The topological polar surface area (TPSA) is 52.4 Å². The Morgan fingerprint density at radius 3 is 1.38 bits per heavy atom. The van der Waals surface area contributed by atoms with Crippen LogP contribution >= 0.6 is 0 Å². The second-order valence-corrected chi connectivity index (χ2v) is 21.9. The molecule has 37 heavy (non-hydrogen) atoms. The predicted octanol–water partition coefficient (Wildman–Crippen LogP) is 9.70. The summed E-state index contributed by atoms with van der Waals surface area (Å²) in [5.41, 5.74) is 3.64. The van der Waals surface area contributed by atoms with Crippen LogP contribution in [-0.4, -0.2) is 40.3 Å². The highest BCUT2D eigenvalue weighted by Crippen LogP contribution is 2.45. The van der Waals surface area contributed by atoms with Crippen molar-refractivity contribution >= 4 is 28.1 Å². The van der Waals surface area contributed by atoms with Gasteiger partial charge in [-0.3, -0.25) is 0 Å². The third kappa shape index (κ3) is 9.79. The van der Waals surface area contributed by atoms with Gasteiger partial charge in [0.2, 0.25) is 0 Å². The van der Waals surface area contributed by atoms with E-state index in [9.17, 15) is 0 Å². The van der Waals surface area contributed by atoms with Gasteiger partial charge in [-0.05, 0) is 51.1 Å². The van der Waals surface area contributed by atoms with E-state index in [0.29, 0.717) is 22.9 Å². The fourth-order valence-corrected chi connectivity index (χ4v) is 18.1. The lowest BCUT2D eigenvalue weighted by molar-refractivity contribution is 0.0993. The van der Waals surface area contributed by atoms with Crippen LogP contribution in [0.3, 0.4) is 0 Å². The van der Waals surface area contributed by atoms with E-state index < -0.39 is 16.6 Å². The van der Waals surface area contributed by atoms with Crippen LogP contribution in [0.5, 0.6) is 0 Å². The highest BCUT2D eigenvalue weighted by atomic mass is 28.4. The van der Waals surface area contributed by atoms with E-state index in [1.54, 1.807) is 0 Å². The van der Waals surface area contributed by atoms with Crippen molar-refractivity contribution in [3.8, 4) is 0 Å². The summed E-state index contributed by atoms with van der Waals surface area (Å²) in [5, 5.41) is 9.08. The lowest BCUT2D eigenvalue weighted by Gasteiger charge is -2.46. The van der Waals surface area contributed by atoms with Gasteiger partial charge in [-0.25, -0.2) is 0 Å². The quantitative estimate of drug-likeness (QED) is 0.126. The first-order valence-electron chi connectivity index (χ1n) is 15.6. The van der Waals surface area contributed by atoms with E-state index in [1.165, 1.54) is 75.6 Å². The largest absolute Gasteiger partial charge is 0.455 e. The molecule has 0 bridgehead atoms. The maximum Gasteiger partial charge on any atom is 0.177 e. The molecule has 0 fully saturated rings. The van der Waals surface area contributed by atoms with Crippen LogP contribution < -0.4 is 0 Å². The van der Waals surface area contributed by atoms with Gasteiger partial charge in [-0.2, -0.15) is 0 Å². The monoisotopic (exact) mass is 552 g/mol. The van der Waals surface area contributed by atoms with Crippen LogP contribution in [0.4, 0.5) is 0 Å². The van der Waals surface area contributed by atoms with Crippen molar-refractivity contribution in [2.24, 2.45) is 22.1 Å². The number of rotatable bonds is 18. The van der Waals surface area contributed by atoms with E-state index in [4.69, 9.17) is 13.8 Å². The zero-order valence-electron chi connectivity index (χ0n) is 26.1. The first-order valence-corrected chi connectivity index (χ1v) is 21.5. The zero-order chi connectivity index (χ0) is 27.6. The molecule has 7 heteroatoms. The molecule has 2 aliphatic rings. The van der Waals surface area contributed by atoms with Crippen LogP contribution in [-0.2, 0) is 13.8 Å². The standard InChI is InChI=1S/C30H60N2O3Si2/c1-11-13-15-17-19-29(25(5)27-21-23(3)33-31-27)36(7,8)35-37(9,10)30(20-18-16-14-12-2)26(6)28-22-24(4)34-32-28/h23-26,29-30H,11-22H2,1-10H3/t23-,24-,25+,26+,29-,30-/m0/s1. The minimum atomic E-state index is -2.04. The summed E-state index contributed by atoms with van der Waals surface area (Å²) in [7, 11) is -4.09. The fraction of sp³-hybridized carbons (Fsp3) is 0.933. The number of hydrogen-bond acceptors (Lipinski definition) is 5. The molecule has 0 saturated carbocycles. The third-order valence-corrected chi connectivity index (χ3v) is 18.4. The smallest absolute Gasteiger partial charge is 0.177 e. The second-order valence-electron chi connectivity index (χ2n) is 13.2. The maximum absolute atomic E-state index is 7.56. The number of hydrogen-bond donors (Lipinski definition) is 0. The Kier molecular flexibility index (Phi) is 13.4. The Morgan fingerprint density at radius 2 is 1.08 bits per heavy atom. The maximum atomic E-state index is 7.56. The number of unbranched alkanes of at least 4 members (excludes halogenated alkanes) is 6. The normalized spacial score (nSPS) is 23.6. The summed E-state index contributed by atoms with van der Waals surface area (Å²) in [6.45, 7) is 23.7. The molecule has 0 aliphatic carbocycles. The minimum Gasteiger partial charge on any atom is -0.455 e. The molecule has 0 aromatic rings. The van der Waals surface area contributed by atoms with Crippen LogP contribution in [0.1, 0.15) is 119 Å². The van der Waals surface area contributed by atoms with E-state index >= 15 is 0 Å². The summed E-state index contributed by atoms with van der Waals surface area (Å²) in [6, 6.07) is 0. The lowest BCUT2D eigenvalue weighted by atomic mass is 9.94. The first kappa shape index (κ1) is 32.5. The molecule has 0 spiro atoms. The molecular weight excluding hydrogens is 493 g/mol. The molecule has 0 saturated heterocycles. The molecular formula is C30H60N2O3Si2. The summed E-state index contributed by atoms with van der Waals surface area (Å²) >= 11 is 0. The van der Waals surface area contributed by atoms with Crippen molar-refractivity contribution in [1.82, 2.24) is 0 Å². The average molecular weight is 553 g/mol. The highest BCUT2D eigenvalue weighted by Gasteiger charge is 2.48. The molecule has 2 heterocycles. The molecule has 2 aliphatic heterocycles. The van der Waals surface area contributed by atoms with Gasteiger partial charge in [0.1, 0.15) is 12.2 Å². The van der Waals surface area contributed by atoms with Gasteiger partial charge in [0, 0.05) is 24.7 Å². The van der Waals surface area contributed by atoms with Crippen LogP contribution in [0.25, 0.3) is 0 Å². The molecule has 0 radical (unpaired) electrons. The minimum absolute atomic E-state index is 0.208. The van der Waals surface area contributed by atoms with E-state index in [-0.39, 0.29) is 12.2 Å². The summed E-state index contributed by atoms with van der Waals surface area (Å²) in [5.74, 6) is 0.846. The predicted molar refractivity (Wildman–Crippen MR) is 165 cm³/mol. The Labute approximate surface area is 231 Å². The second kappa shape index (κ2) is 15.2. The van der Waals surface area contributed by atoms with Crippen molar-refractivity contribution in [3.63, 3.8) is 0 Å². The molecule has 0 aromatic heterocycles. The van der Waals surface area contributed by atoms with E-state index in [0.717, 1.165) is 12.8 Å². The number of nitrogens with zero attached hydrogens (tertiary/aromatic N) is 2. The highest BCUT2D eigenvalue weighted by molar-refractivity contribution is 6.86. The molecule has 0 aromatic carbocycles. The molecule has 0 unspecified atom stereocenters. The van der Waals surface area contributed by atoms with Crippen molar-refractivity contribution in [3.05, 3.63) is 0 Å². The summed E-state index contributed by atoms with van der Waals surface area (Å²) in [6.07, 6.45) is 15.3. The van der Waals surface area contributed by atoms with Gasteiger partial charge < -0.3 is 13.8 Å². The molecule has 2 rings (SSSR count). The SMILES string of the molecule is CCCCCC[C@@H]([C@H](C)C1=NO[C@@H](C)C1)[Si](C)(C)O[Si](C)(C)[C@@H](CCCCCC)[C@H](C)C1=NO[C@@H](C)C1. The first-order chi connectivity index (χ1) is 17.4. The van der Waals surface area contributed by atoms with Crippen molar-refractivity contribution in [1.29, 1.82) is 0 Å². The van der Waals surface area contributed by atoms with Crippen LogP contribution in [0.15, 0.2) is 10.3 Å². The van der Waals surface area contributed by atoms with Crippen molar-refractivity contribution in [2.45, 2.75) is 168 Å². The van der Waals surface area contributed by atoms with Gasteiger partial charge in [0.25, 0.3) is 0 Å². The molecule has 216 valence electrons. The lowest BCUT2D eigenvalue weighted by Crippen LogP contribution is -2.53. The molecule has 0 N–H and O–H groups in total. The Morgan fingerprint density at radius 1 is 0.703 bits per heavy atom. The molecule has 0 amide bonds. The van der Waals surface area contributed by atoms with E-state index in [2.05, 4.69) is 78.0 Å². The number of oxime groups is 2. The van der Waals surface area contributed by atoms with Gasteiger partial charge >= 0.3 is 0 Å². The summed E-state index contributed by atoms with van der Waals surface area (Å²) < 4.78 is 7.56.